The maximum Gasteiger partial charge on any atom is 0.133 e. The molecule has 0 radical (unpaired) electrons. The van der Waals surface area contributed by atoms with Crippen molar-refractivity contribution in [2.45, 2.75) is 0 Å². The first-order valence-electron chi connectivity index (χ1n) is 5.54. The fourth-order valence-electron chi connectivity index (χ4n) is 1.32. The van der Waals surface area contributed by atoms with Crippen LogP contribution in [0, 0.1) is 0 Å². The van der Waals surface area contributed by atoms with E-state index in [4.69, 9.17) is 16.3 Å². The van der Waals surface area contributed by atoms with Gasteiger partial charge in [0.2, 0.25) is 0 Å². The average Bonchev–Trinajstić information content (AvgIpc) is 2.29. The maximum absolute atomic E-state index is 5.86. The molecule has 5 heteroatoms. The van der Waals surface area contributed by atoms with Crippen LogP contribution in [-0.4, -0.2) is 45.2 Å². The van der Waals surface area contributed by atoms with Crippen LogP contribution in [0.3, 0.4) is 0 Å². The highest BCUT2D eigenvalue weighted by molar-refractivity contribution is 9.10. The van der Waals surface area contributed by atoms with Gasteiger partial charge in [-0.2, -0.15) is 0 Å². The van der Waals surface area contributed by atoms with Crippen LogP contribution in [0.15, 0.2) is 22.7 Å². The minimum Gasteiger partial charge on any atom is -0.491 e. The van der Waals surface area contributed by atoms with Crippen LogP contribution in [0.1, 0.15) is 0 Å². The summed E-state index contributed by atoms with van der Waals surface area (Å²) >= 11 is 9.28. The van der Waals surface area contributed by atoms with Gasteiger partial charge in [0.1, 0.15) is 12.4 Å². The van der Waals surface area contributed by atoms with Gasteiger partial charge in [-0.25, -0.2) is 0 Å². The number of nitrogens with one attached hydrogen (secondary N) is 1. The summed E-state index contributed by atoms with van der Waals surface area (Å²) in [7, 11) is 4.03. The molecule has 1 rings (SSSR count). The molecule has 1 aromatic rings. The Morgan fingerprint density at radius 2 is 2.18 bits per heavy atom. The van der Waals surface area contributed by atoms with E-state index in [9.17, 15) is 0 Å². The SMILES string of the molecule is CNCCN(C)CCOc1ccc(Cl)cc1Br. The highest BCUT2D eigenvalue weighted by Gasteiger charge is 2.03. The third-order valence-corrected chi connectivity index (χ3v) is 3.22. The van der Waals surface area contributed by atoms with E-state index >= 15 is 0 Å². The van der Waals surface area contributed by atoms with E-state index in [1.165, 1.54) is 0 Å². The molecule has 0 unspecified atom stereocenters. The molecule has 1 N–H and O–H groups in total. The number of likely N-dealkylation sites (N-methyl/N-ethyl adjacent to an activating group) is 2. The van der Waals surface area contributed by atoms with Gasteiger partial charge in [-0.1, -0.05) is 11.6 Å². The van der Waals surface area contributed by atoms with Gasteiger partial charge in [-0.05, 0) is 48.2 Å². The summed E-state index contributed by atoms with van der Waals surface area (Å²) in [4.78, 5) is 2.22. The summed E-state index contributed by atoms with van der Waals surface area (Å²) in [6, 6.07) is 5.54. The molecule has 0 saturated heterocycles. The lowest BCUT2D eigenvalue weighted by molar-refractivity contribution is 0.237. The van der Waals surface area contributed by atoms with Crippen LogP contribution >= 0.6 is 27.5 Å². The quantitative estimate of drug-likeness (QED) is 0.835. The zero-order valence-corrected chi connectivity index (χ0v) is 12.5. The molecule has 0 aromatic heterocycles. The number of benzene rings is 1. The van der Waals surface area contributed by atoms with E-state index in [0.717, 1.165) is 29.9 Å². The van der Waals surface area contributed by atoms with E-state index in [1.54, 1.807) is 0 Å². The normalized spacial score (nSPS) is 10.9. The molecule has 0 aliphatic rings. The smallest absolute Gasteiger partial charge is 0.133 e. The summed E-state index contributed by atoms with van der Waals surface area (Å²) in [6.45, 7) is 3.57. The fraction of sp³-hybridized carbons (Fsp3) is 0.500. The summed E-state index contributed by atoms with van der Waals surface area (Å²) in [5.74, 6) is 0.830. The lowest BCUT2D eigenvalue weighted by atomic mass is 10.3. The predicted molar refractivity (Wildman–Crippen MR) is 76.1 cm³/mol. The summed E-state index contributed by atoms with van der Waals surface area (Å²) in [6.07, 6.45) is 0. The van der Waals surface area contributed by atoms with E-state index in [0.29, 0.717) is 11.6 Å². The second-order valence-electron chi connectivity index (χ2n) is 3.83. The zero-order valence-electron chi connectivity index (χ0n) is 10.2. The van der Waals surface area contributed by atoms with Crippen molar-refractivity contribution in [3.05, 3.63) is 27.7 Å². The average molecular weight is 322 g/mol. The molecule has 0 fully saturated rings. The number of hydrogen-bond donors (Lipinski definition) is 1. The lowest BCUT2D eigenvalue weighted by Crippen LogP contribution is -2.30. The summed E-state index contributed by atoms with van der Waals surface area (Å²) < 4.78 is 6.57. The van der Waals surface area contributed by atoms with Crippen LogP contribution in [0.2, 0.25) is 5.02 Å². The van der Waals surface area contributed by atoms with Crippen molar-refractivity contribution in [3.63, 3.8) is 0 Å². The first-order chi connectivity index (χ1) is 8.13. The predicted octanol–water partition coefficient (Wildman–Crippen LogP) is 2.63. The minimum atomic E-state index is 0.667. The number of hydrogen-bond acceptors (Lipinski definition) is 3. The van der Waals surface area contributed by atoms with E-state index in [-0.39, 0.29) is 0 Å². The van der Waals surface area contributed by atoms with Crippen LogP contribution in [0.25, 0.3) is 0 Å². The number of halogens is 2. The number of nitrogens with zero attached hydrogens (tertiary/aromatic N) is 1. The van der Waals surface area contributed by atoms with Gasteiger partial charge in [0, 0.05) is 24.7 Å². The van der Waals surface area contributed by atoms with Crippen molar-refractivity contribution < 1.29 is 4.74 Å². The van der Waals surface area contributed by atoms with E-state index in [1.807, 2.05) is 25.2 Å². The standard InChI is InChI=1S/C12H18BrClN2O/c1-15-5-6-16(2)7-8-17-12-4-3-10(14)9-11(12)13/h3-4,9,15H,5-8H2,1-2H3. The highest BCUT2D eigenvalue weighted by Crippen LogP contribution is 2.27. The van der Waals surface area contributed by atoms with Crippen molar-refractivity contribution in [3.8, 4) is 5.75 Å². The fourth-order valence-corrected chi connectivity index (χ4v) is 2.12. The Bertz CT molecular complexity index is 349. The van der Waals surface area contributed by atoms with Gasteiger partial charge >= 0.3 is 0 Å². The molecule has 3 nitrogen and oxygen atoms in total. The van der Waals surface area contributed by atoms with Gasteiger partial charge in [-0.3, -0.25) is 0 Å². The first kappa shape index (κ1) is 14.8. The van der Waals surface area contributed by atoms with Crippen LogP contribution < -0.4 is 10.1 Å². The monoisotopic (exact) mass is 320 g/mol. The Morgan fingerprint density at radius 1 is 1.41 bits per heavy atom. The molecular weight excluding hydrogens is 304 g/mol. The van der Waals surface area contributed by atoms with E-state index in [2.05, 4.69) is 33.2 Å². The number of rotatable bonds is 7. The third kappa shape index (κ3) is 5.73. The Hall–Kier alpha value is -0.290. The summed E-state index contributed by atoms with van der Waals surface area (Å²) in [5.41, 5.74) is 0. The van der Waals surface area contributed by atoms with Gasteiger partial charge < -0.3 is 15.0 Å². The number of ether oxygens (including phenoxy) is 1. The second-order valence-corrected chi connectivity index (χ2v) is 5.12. The maximum atomic E-state index is 5.86. The minimum absolute atomic E-state index is 0.667. The molecule has 17 heavy (non-hydrogen) atoms. The largest absolute Gasteiger partial charge is 0.491 e. The van der Waals surface area contributed by atoms with Crippen LogP contribution in [-0.2, 0) is 0 Å². The molecule has 0 aliphatic carbocycles. The van der Waals surface area contributed by atoms with Crippen molar-refractivity contribution in [1.29, 1.82) is 0 Å². The Balaban J connectivity index is 2.30. The van der Waals surface area contributed by atoms with Crippen molar-refractivity contribution >= 4 is 27.5 Å². The second kappa shape index (κ2) is 7.93. The zero-order chi connectivity index (χ0) is 12.7. The molecule has 0 heterocycles. The van der Waals surface area contributed by atoms with E-state index < -0.39 is 0 Å². The van der Waals surface area contributed by atoms with Crippen LogP contribution in [0.5, 0.6) is 5.75 Å². The Kier molecular flexibility index (Phi) is 6.89. The molecule has 0 saturated carbocycles. The third-order valence-electron chi connectivity index (χ3n) is 2.37. The summed E-state index contributed by atoms with van der Waals surface area (Å²) in [5, 5.41) is 3.82. The van der Waals surface area contributed by atoms with Gasteiger partial charge in [0.15, 0.2) is 0 Å². The van der Waals surface area contributed by atoms with Crippen molar-refractivity contribution in [1.82, 2.24) is 10.2 Å². The molecule has 0 bridgehead atoms. The van der Waals surface area contributed by atoms with Gasteiger partial charge in [0.25, 0.3) is 0 Å². The molecule has 96 valence electrons. The van der Waals surface area contributed by atoms with Crippen molar-refractivity contribution in [2.75, 3.05) is 40.3 Å². The lowest BCUT2D eigenvalue weighted by Gasteiger charge is -2.17. The molecule has 0 amide bonds. The highest BCUT2D eigenvalue weighted by atomic mass is 79.9. The molecule has 0 spiro atoms. The first-order valence-corrected chi connectivity index (χ1v) is 6.71. The Morgan fingerprint density at radius 3 is 2.82 bits per heavy atom. The molecule has 0 aliphatic heterocycles. The molecule has 1 aromatic carbocycles. The molecular formula is C12H18BrClN2O. The molecule has 0 atom stereocenters. The topological polar surface area (TPSA) is 24.5 Å². The van der Waals surface area contributed by atoms with Crippen LogP contribution in [0.4, 0.5) is 0 Å². The van der Waals surface area contributed by atoms with Gasteiger partial charge in [-0.15, -0.1) is 0 Å². The van der Waals surface area contributed by atoms with Gasteiger partial charge in [0.05, 0.1) is 4.47 Å². The van der Waals surface area contributed by atoms with Crippen molar-refractivity contribution in [2.24, 2.45) is 0 Å². The Labute approximate surface area is 116 Å².